The van der Waals surface area contributed by atoms with E-state index >= 15 is 0 Å². The molecule has 0 unspecified atom stereocenters. The smallest absolute Gasteiger partial charge is 0.251 e. The Bertz CT molecular complexity index is 995. The minimum atomic E-state index is -0.245. The summed E-state index contributed by atoms with van der Waals surface area (Å²) in [6.45, 7) is 3.02. The second kappa shape index (κ2) is 10.6. The lowest BCUT2D eigenvalue weighted by Crippen LogP contribution is -2.22. The van der Waals surface area contributed by atoms with Gasteiger partial charge in [-0.25, -0.2) is 0 Å². The van der Waals surface area contributed by atoms with Gasteiger partial charge in [0, 0.05) is 23.9 Å². The predicted octanol–water partition coefficient (Wildman–Crippen LogP) is 4.67. The standard InChI is InChI=1S/C25H24N2O3/c1-2-30-23-15-8-19(9-16-23)10-17-24(28)27-22-13-11-21(12-14-22)25(29)26-18-20-6-4-3-5-7-20/h3-17H,2,18H2,1H3,(H,26,29)(H,27,28)/b17-10+. The molecule has 0 aliphatic heterocycles. The minimum absolute atomic E-state index is 0.160. The highest BCUT2D eigenvalue weighted by Gasteiger charge is 2.06. The Morgan fingerprint density at radius 2 is 1.60 bits per heavy atom. The number of hydrogen-bond donors (Lipinski definition) is 2. The third kappa shape index (κ3) is 6.34. The molecular weight excluding hydrogens is 376 g/mol. The van der Waals surface area contributed by atoms with Crippen molar-refractivity contribution in [2.24, 2.45) is 0 Å². The van der Waals surface area contributed by atoms with Crippen LogP contribution in [0.25, 0.3) is 6.08 Å². The fourth-order valence-corrected chi connectivity index (χ4v) is 2.78. The van der Waals surface area contributed by atoms with Crippen LogP contribution in [0.15, 0.2) is 84.9 Å². The molecule has 0 fully saturated rings. The fourth-order valence-electron chi connectivity index (χ4n) is 2.78. The van der Waals surface area contributed by atoms with Crippen LogP contribution in [0.5, 0.6) is 5.75 Å². The first kappa shape index (κ1) is 20.9. The molecule has 3 aromatic rings. The lowest BCUT2D eigenvalue weighted by molar-refractivity contribution is -0.111. The Balaban J connectivity index is 1.50. The van der Waals surface area contributed by atoms with Gasteiger partial charge >= 0.3 is 0 Å². The number of amides is 2. The first-order chi connectivity index (χ1) is 14.6. The maximum absolute atomic E-state index is 12.3. The van der Waals surface area contributed by atoms with E-state index in [1.807, 2.05) is 61.5 Å². The van der Waals surface area contributed by atoms with Crippen LogP contribution in [-0.4, -0.2) is 18.4 Å². The maximum atomic E-state index is 12.3. The first-order valence-corrected chi connectivity index (χ1v) is 9.78. The summed E-state index contributed by atoms with van der Waals surface area (Å²) in [7, 11) is 0. The van der Waals surface area contributed by atoms with Gasteiger partial charge in [-0.2, -0.15) is 0 Å². The lowest BCUT2D eigenvalue weighted by atomic mass is 10.1. The quantitative estimate of drug-likeness (QED) is 0.540. The average Bonchev–Trinajstić information content (AvgIpc) is 2.78. The van der Waals surface area contributed by atoms with Gasteiger partial charge in [0.2, 0.25) is 5.91 Å². The molecule has 5 heteroatoms. The normalized spacial score (nSPS) is 10.6. The van der Waals surface area contributed by atoms with Gasteiger partial charge in [0.05, 0.1) is 6.61 Å². The van der Waals surface area contributed by atoms with Crippen LogP contribution < -0.4 is 15.4 Å². The van der Waals surface area contributed by atoms with Crippen molar-refractivity contribution in [3.8, 4) is 5.75 Å². The van der Waals surface area contributed by atoms with E-state index in [4.69, 9.17) is 4.74 Å². The molecule has 0 atom stereocenters. The Morgan fingerprint density at radius 3 is 2.27 bits per heavy atom. The molecular formula is C25H24N2O3. The average molecular weight is 400 g/mol. The molecule has 0 bridgehead atoms. The molecule has 0 aromatic heterocycles. The SMILES string of the molecule is CCOc1ccc(/C=C/C(=O)Nc2ccc(C(=O)NCc3ccccc3)cc2)cc1. The van der Waals surface area contributed by atoms with Gasteiger partial charge in [-0.05, 0) is 60.5 Å². The van der Waals surface area contributed by atoms with Crippen molar-refractivity contribution in [2.75, 3.05) is 11.9 Å². The Kier molecular flexibility index (Phi) is 7.39. The summed E-state index contributed by atoms with van der Waals surface area (Å²) in [5.74, 6) is 0.393. The van der Waals surface area contributed by atoms with E-state index in [2.05, 4.69) is 10.6 Å². The fraction of sp³-hybridized carbons (Fsp3) is 0.120. The summed E-state index contributed by atoms with van der Waals surface area (Å²) in [5.41, 5.74) is 3.10. The highest BCUT2D eigenvalue weighted by Crippen LogP contribution is 2.14. The van der Waals surface area contributed by atoms with Gasteiger partial charge in [0.1, 0.15) is 5.75 Å². The van der Waals surface area contributed by atoms with E-state index in [9.17, 15) is 9.59 Å². The van der Waals surface area contributed by atoms with Crippen molar-refractivity contribution >= 4 is 23.6 Å². The summed E-state index contributed by atoms with van der Waals surface area (Å²) in [4.78, 5) is 24.4. The van der Waals surface area contributed by atoms with E-state index in [0.717, 1.165) is 16.9 Å². The first-order valence-electron chi connectivity index (χ1n) is 9.78. The number of carbonyl (C=O) groups excluding carboxylic acids is 2. The Hall–Kier alpha value is -3.86. The van der Waals surface area contributed by atoms with Crippen LogP contribution in [0.2, 0.25) is 0 Å². The molecule has 0 radical (unpaired) electrons. The molecule has 30 heavy (non-hydrogen) atoms. The molecule has 0 heterocycles. The summed E-state index contributed by atoms with van der Waals surface area (Å²) in [5, 5.41) is 5.67. The van der Waals surface area contributed by atoms with E-state index in [1.165, 1.54) is 6.08 Å². The molecule has 0 saturated carbocycles. The van der Waals surface area contributed by atoms with Gasteiger partial charge in [0.15, 0.2) is 0 Å². The largest absolute Gasteiger partial charge is 0.494 e. The molecule has 2 amide bonds. The number of ether oxygens (including phenoxy) is 1. The summed E-state index contributed by atoms with van der Waals surface area (Å²) >= 11 is 0. The third-order valence-electron chi connectivity index (χ3n) is 4.33. The van der Waals surface area contributed by atoms with E-state index in [-0.39, 0.29) is 11.8 Å². The van der Waals surface area contributed by atoms with Crippen molar-refractivity contribution in [1.29, 1.82) is 0 Å². The zero-order chi connectivity index (χ0) is 21.2. The molecule has 0 saturated heterocycles. The Morgan fingerprint density at radius 1 is 0.900 bits per heavy atom. The maximum Gasteiger partial charge on any atom is 0.251 e. The molecule has 5 nitrogen and oxygen atoms in total. The zero-order valence-corrected chi connectivity index (χ0v) is 16.8. The van der Waals surface area contributed by atoms with Crippen molar-refractivity contribution in [3.63, 3.8) is 0 Å². The van der Waals surface area contributed by atoms with Gasteiger partial charge in [-0.3, -0.25) is 9.59 Å². The summed E-state index contributed by atoms with van der Waals surface area (Å²) in [6.07, 6.45) is 3.20. The number of carbonyl (C=O) groups is 2. The van der Waals surface area contributed by atoms with Crippen LogP contribution in [0.4, 0.5) is 5.69 Å². The lowest BCUT2D eigenvalue weighted by Gasteiger charge is -2.07. The van der Waals surface area contributed by atoms with Gasteiger partial charge in [-0.1, -0.05) is 42.5 Å². The Labute approximate surface area is 176 Å². The van der Waals surface area contributed by atoms with Crippen molar-refractivity contribution < 1.29 is 14.3 Å². The molecule has 3 aromatic carbocycles. The van der Waals surface area contributed by atoms with E-state index in [1.54, 1.807) is 30.3 Å². The van der Waals surface area contributed by atoms with Gasteiger partial charge in [-0.15, -0.1) is 0 Å². The molecule has 0 aliphatic carbocycles. The highest BCUT2D eigenvalue weighted by atomic mass is 16.5. The van der Waals surface area contributed by atoms with E-state index < -0.39 is 0 Å². The van der Waals surface area contributed by atoms with Gasteiger partial charge < -0.3 is 15.4 Å². The molecule has 0 spiro atoms. The number of anilines is 1. The predicted molar refractivity (Wildman–Crippen MR) is 119 cm³/mol. The number of nitrogens with one attached hydrogen (secondary N) is 2. The number of benzene rings is 3. The van der Waals surface area contributed by atoms with Gasteiger partial charge in [0.25, 0.3) is 5.91 Å². The zero-order valence-electron chi connectivity index (χ0n) is 16.8. The van der Waals surface area contributed by atoms with Crippen molar-refractivity contribution in [2.45, 2.75) is 13.5 Å². The van der Waals surface area contributed by atoms with Crippen molar-refractivity contribution in [3.05, 3.63) is 102 Å². The number of rotatable bonds is 8. The van der Waals surface area contributed by atoms with Crippen LogP contribution in [0.1, 0.15) is 28.4 Å². The van der Waals surface area contributed by atoms with Crippen molar-refractivity contribution in [1.82, 2.24) is 5.32 Å². The second-order valence-corrected chi connectivity index (χ2v) is 6.57. The van der Waals surface area contributed by atoms with Crippen LogP contribution >= 0.6 is 0 Å². The highest BCUT2D eigenvalue weighted by molar-refractivity contribution is 6.02. The third-order valence-corrected chi connectivity index (χ3v) is 4.33. The van der Waals surface area contributed by atoms with Crippen LogP contribution in [0, 0.1) is 0 Å². The van der Waals surface area contributed by atoms with Crippen LogP contribution in [-0.2, 0) is 11.3 Å². The molecule has 0 aliphatic rings. The second-order valence-electron chi connectivity index (χ2n) is 6.57. The molecule has 3 rings (SSSR count). The van der Waals surface area contributed by atoms with E-state index in [0.29, 0.717) is 24.4 Å². The minimum Gasteiger partial charge on any atom is -0.494 e. The topological polar surface area (TPSA) is 67.4 Å². The summed E-state index contributed by atoms with van der Waals surface area (Å²) < 4.78 is 5.40. The molecule has 152 valence electrons. The summed E-state index contributed by atoms with van der Waals surface area (Å²) in [6, 6.07) is 24.0. The monoisotopic (exact) mass is 400 g/mol. The molecule has 2 N–H and O–H groups in total. The number of hydrogen-bond acceptors (Lipinski definition) is 3. The van der Waals surface area contributed by atoms with Crippen LogP contribution in [0.3, 0.4) is 0 Å².